The third kappa shape index (κ3) is 4.43. The molecule has 0 N–H and O–H groups in total. The molecule has 56 valence electrons. The lowest BCUT2D eigenvalue weighted by Crippen LogP contribution is -1.99. The van der Waals surface area contributed by atoms with E-state index in [1.54, 1.807) is 0 Å². The van der Waals surface area contributed by atoms with Crippen LogP contribution >= 0.6 is 0 Å². The van der Waals surface area contributed by atoms with Gasteiger partial charge in [0.25, 0.3) is 0 Å². The Balaban J connectivity index is 3.09. The fourth-order valence-corrected chi connectivity index (χ4v) is 0.883. The average molecular weight is 132 g/mol. The van der Waals surface area contributed by atoms with E-state index < -0.39 is 0 Å². The largest absolute Gasteiger partial charge is 0.251 e. The van der Waals surface area contributed by atoms with Crippen molar-refractivity contribution in [3.05, 3.63) is 0 Å². The van der Waals surface area contributed by atoms with E-state index in [4.69, 9.17) is 0 Å². The molecule has 9 heavy (non-hydrogen) atoms. The molecule has 0 fully saturated rings. The zero-order chi connectivity index (χ0) is 7.11. The maximum atomic E-state index is 12.0. The van der Waals surface area contributed by atoms with Gasteiger partial charge in [0, 0.05) is 0 Å². The summed E-state index contributed by atoms with van der Waals surface area (Å²) in [6, 6.07) is 0. The Morgan fingerprint density at radius 2 is 2.00 bits per heavy atom. The number of hydrogen-bond acceptors (Lipinski definition) is 0. The SMILES string of the molecule is CCCCC(CC)CF. The fraction of sp³-hybridized carbons (Fsp3) is 1.00. The van der Waals surface area contributed by atoms with Gasteiger partial charge in [0.2, 0.25) is 0 Å². The summed E-state index contributed by atoms with van der Waals surface area (Å²) in [6.45, 7) is 4.07. The molecule has 0 aromatic carbocycles. The van der Waals surface area contributed by atoms with Crippen LogP contribution in [-0.2, 0) is 0 Å². The first-order valence-corrected chi connectivity index (χ1v) is 3.91. The molecule has 0 aliphatic heterocycles. The summed E-state index contributed by atoms with van der Waals surface area (Å²) in [5.74, 6) is 0.338. The van der Waals surface area contributed by atoms with Gasteiger partial charge in [-0.2, -0.15) is 0 Å². The van der Waals surface area contributed by atoms with Crippen molar-refractivity contribution in [2.24, 2.45) is 5.92 Å². The normalized spacial score (nSPS) is 13.7. The van der Waals surface area contributed by atoms with Crippen LogP contribution in [0.4, 0.5) is 4.39 Å². The minimum atomic E-state index is -0.128. The van der Waals surface area contributed by atoms with Crippen molar-refractivity contribution in [3.8, 4) is 0 Å². The minimum absolute atomic E-state index is 0.128. The molecule has 0 aromatic heterocycles. The molecule has 0 heterocycles. The highest BCUT2D eigenvalue weighted by Crippen LogP contribution is 2.12. The third-order valence-corrected chi connectivity index (χ3v) is 1.76. The Bertz CT molecular complexity index is 48.5. The van der Waals surface area contributed by atoms with Gasteiger partial charge in [-0.25, -0.2) is 0 Å². The summed E-state index contributed by atoms with van der Waals surface area (Å²) >= 11 is 0. The van der Waals surface area contributed by atoms with Gasteiger partial charge in [0.1, 0.15) is 0 Å². The van der Waals surface area contributed by atoms with E-state index >= 15 is 0 Å². The zero-order valence-electron chi connectivity index (χ0n) is 6.49. The van der Waals surface area contributed by atoms with E-state index in [9.17, 15) is 4.39 Å². The summed E-state index contributed by atoms with van der Waals surface area (Å²) in [5.41, 5.74) is 0. The topological polar surface area (TPSA) is 0 Å². The van der Waals surface area contributed by atoms with Crippen LogP contribution in [0.3, 0.4) is 0 Å². The predicted octanol–water partition coefficient (Wildman–Crippen LogP) is 3.17. The lowest BCUT2D eigenvalue weighted by Gasteiger charge is -2.07. The van der Waals surface area contributed by atoms with Crippen LogP contribution in [-0.4, -0.2) is 6.67 Å². The van der Waals surface area contributed by atoms with Gasteiger partial charge in [0.15, 0.2) is 0 Å². The van der Waals surface area contributed by atoms with E-state index in [-0.39, 0.29) is 6.67 Å². The Kier molecular flexibility index (Phi) is 6.01. The summed E-state index contributed by atoms with van der Waals surface area (Å²) in [7, 11) is 0. The van der Waals surface area contributed by atoms with Crippen molar-refractivity contribution >= 4 is 0 Å². The summed E-state index contributed by atoms with van der Waals surface area (Å²) in [5, 5.41) is 0. The highest BCUT2D eigenvalue weighted by molar-refractivity contribution is 4.53. The molecule has 0 saturated heterocycles. The number of halogens is 1. The van der Waals surface area contributed by atoms with E-state index in [2.05, 4.69) is 13.8 Å². The Morgan fingerprint density at radius 3 is 2.33 bits per heavy atom. The fourth-order valence-electron chi connectivity index (χ4n) is 0.883. The van der Waals surface area contributed by atoms with Crippen LogP contribution in [0, 0.1) is 5.92 Å². The Hall–Kier alpha value is -0.0700. The molecule has 1 unspecified atom stereocenters. The molecule has 0 saturated carbocycles. The van der Waals surface area contributed by atoms with Crippen LogP contribution in [0.5, 0.6) is 0 Å². The van der Waals surface area contributed by atoms with Gasteiger partial charge in [-0.1, -0.05) is 33.1 Å². The predicted molar refractivity (Wildman–Crippen MR) is 39.3 cm³/mol. The quantitative estimate of drug-likeness (QED) is 0.539. The number of rotatable bonds is 5. The molecule has 0 amide bonds. The first-order chi connectivity index (χ1) is 4.35. The maximum absolute atomic E-state index is 12.0. The molecule has 0 aromatic rings. The van der Waals surface area contributed by atoms with Crippen molar-refractivity contribution in [1.29, 1.82) is 0 Å². The van der Waals surface area contributed by atoms with E-state index in [0.29, 0.717) is 5.92 Å². The molecule has 0 spiro atoms. The van der Waals surface area contributed by atoms with Crippen molar-refractivity contribution < 1.29 is 4.39 Å². The molecule has 0 radical (unpaired) electrons. The van der Waals surface area contributed by atoms with Crippen molar-refractivity contribution in [2.45, 2.75) is 39.5 Å². The highest BCUT2D eigenvalue weighted by Gasteiger charge is 2.02. The number of unbranched alkanes of at least 4 members (excludes halogenated alkanes) is 1. The average Bonchev–Trinajstić information content (AvgIpc) is 1.91. The van der Waals surface area contributed by atoms with Gasteiger partial charge >= 0.3 is 0 Å². The monoisotopic (exact) mass is 132 g/mol. The lowest BCUT2D eigenvalue weighted by atomic mass is 10.0. The first-order valence-electron chi connectivity index (χ1n) is 3.91. The second kappa shape index (κ2) is 6.06. The van der Waals surface area contributed by atoms with Gasteiger partial charge in [0.05, 0.1) is 6.67 Å². The second-order valence-corrected chi connectivity index (χ2v) is 2.57. The van der Waals surface area contributed by atoms with Gasteiger partial charge in [-0.3, -0.25) is 4.39 Å². The van der Waals surface area contributed by atoms with Crippen LogP contribution in [0.1, 0.15) is 39.5 Å². The van der Waals surface area contributed by atoms with Gasteiger partial charge in [-0.05, 0) is 12.3 Å². The van der Waals surface area contributed by atoms with Crippen LogP contribution in [0.15, 0.2) is 0 Å². The standard InChI is InChI=1S/C8H17F/c1-3-5-6-8(4-2)7-9/h8H,3-7H2,1-2H3. The molecule has 0 rings (SSSR count). The summed E-state index contributed by atoms with van der Waals surface area (Å²) in [4.78, 5) is 0. The lowest BCUT2D eigenvalue weighted by molar-refractivity contribution is 0.329. The van der Waals surface area contributed by atoms with E-state index in [1.165, 1.54) is 12.8 Å². The molecular formula is C8H17F. The van der Waals surface area contributed by atoms with Crippen LogP contribution < -0.4 is 0 Å². The van der Waals surface area contributed by atoms with Crippen LogP contribution in [0.2, 0.25) is 0 Å². The van der Waals surface area contributed by atoms with Crippen molar-refractivity contribution in [1.82, 2.24) is 0 Å². The van der Waals surface area contributed by atoms with Crippen LogP contribution in [0.25, 0.3) is 0 Å². The summed E-state index contributed by atoms with van der Waals surface area (Å²) < 4.78 is 12.0. The number of hydrogen-bond donors (Lipinski definition) is 0. The molecule has 0 nitrogen and oxygen atoms in total. The van der Waals surface area contributed by atoms with Gasteiger partial charge < -0.3 is 0 Å². The van der Waals surface area contributed by atoms with E-state index in [1.807, 2.05) is 0 Å². The van der Waals surface area contributed by atoms with Crippen molar-refractivity contribution in [2.75, 3.05) is 6.67 Å². The molecule has 0 aliphatic rings. The second-order valence-electron chi connectivity index (χ2n) is 2.57. The number of alkyl halides is 1. The highest BCUT2D eigenvalue weighted by atomic mass is 19.1. The molecule has 0 bridgehead atoms. The summed E-state index contributed by atoms with van der Waals surface area (Å²) in [6.07, 6.45) is 4.44. The zero-order valence-corrected chi connectivity index (χ0v) is 6.49. The molecule has 1 heteroatoms. The van der Waals surface area contributed by atoms with Gasteiger partial charge in [-0.15, -0.1) is 0 Å². The smallest absolute Gasteiger partial charge is 0.0922 e. The molecule has 0 aliphatic carbocycles. The molecule has 1 atom stereocenters. The molecular weight excluding hydrogens is 115 g/mol. The minimum Gasteiger partial charge on any atom is -0.251 e. The first kappa shape index (κ1) is 8.93. The maximum Gasteiger partial charge on any atom is 0.0922 e. The Morgan fingerprint density at radius 1 is 1.33 bits per heavy atom. The third-order valence-electron chi connectivity index (χ3n) is 1.76. The Labute approximate surface area is 57.5 Å². The van der Waals surface area contributed by atoms with E-state index in [0.717, 1.165) is 12.8 Å². The van der Waals surface area contributed by atoms with Crippen molar-refractivity contribution in [3.63, 3.8) is 0 Å².